The van der Waals surface area contributed by atoms with Gasteiger partial charge < -0.3 is 9.80 Å². The van der Waals surface area contributed by atoms with Crippen molar-refractivity contribution >= 4 is 33.2 Å². The molecule has 3 aromatic rings. The number of halogens is 1. The maximum Gasteiger partial charge on any atom is 0.269 e. The van der Waals surface area contributed by atoms with Gasteiger partial charge in [-0.3, -0.25) is 13.5 Å². The predicted molar refractivity (Wildman–Crippen MR) is 106 cm³/mol. The minimum Gasteiger partial charge on any atom is -0.368 e. The van der Waals surface area contributed by atoms with Crippen molar-refractivity contribution in [2.45, 2.75) is 13.0 Å². The molecule has 1 aromatic heterocycles. The van der Waals surface area contributed by atoms with Crippen molar-refractivity contribution < 1.29 is 9.18 Å². The molecule has 1 atom stereocenters. The van der Waals surface area contributed by atoms with E-state index in [-0.39, 0.29) is 17.3 Å². The van der Waals surface area contributed by atoms with Crippen LogP contribution < -0.4 is 10.5 Å². The Morgan fingerprint density at radius 1 is 1.04 bits per heavy atom. The number of carbonyl (C=O) groups is 1. The van der Waals surface area contributed by atoms with Gasteiger partial charge in [0.1, 0.15) is 11.9 Å². The normalized spacial score (nSPS) is 15.9. The highest BCUT2D eigenvalue weighted by atomic mass is 32.1. The SMILES string of the molecule is CC(C(=O)N1CCN(c2ccc(F)cc2)CC1)n1sc2ccccc2c1=O. The van der Waals surface area contributed by atoms with Gasteiger partial charge in [0.25, 0.3) is 5.56 Å². The van der Waals surface area contributed by atoms with Crippen molar-refractivity contribution in [3.8, 4) is 0 Å². The second-order valence-corrected chi connectivity index (χ2v) is 7.70. The van der Waals surface area contributed by atoms with Gasteiger partial charge in [0.2, 0.25) is 5.91 Å². The second-order valence-electron chi connectivity index (χ2n) is 6.68. The molecule has 1 amide bonds. The Morgan fingerprint density at radius 3 is 2.37 bits per heavy atom. The molecule has 1 aliphatic heterocycles. The lowest BCUT2D eigenvalue weighted by atomic mass is 10.2. The minimum atomic E-state index is -0.521. The van der Waals surface area contributed by atoms with Crippen molar-refractivity contribution in [3.05, 3.63) is 64.7 Å². The summed E-state index contributed by atoms with van der Waals surface area (Å²) < 4.78 is 15.5. The Bertz CT molecular complexity index is 1020. The van der Waals surface area contributed by atoms with Crippen LogP contribution in [0.5, 0.6) is 0 Å². The van der Waals surface area contributed by atoms with E-state index in [1.54, 1.807) is 29.1 Å². The van der Waals surface area contributed by atoms with Gasteiger partial charge in [-0.25, -0.2) is 4.39 Å². The molecule has 0 radical (unpaired) electrons. The van der Waals surface area contributed by atoms with Gasteiger partial charge in [-0.15, -0.1) is 0 Å². The maximum atomic E-state index is 13.1. The zero-order chi connectivity index (χ0) is 19.0. The van der Waals surface area contributed by atoms with E-state index in [0.717, 1.165) is 10.4 Å². The number of rotatable bonds is 3. The van der Waals surface area contributed by atoms with Crippen LogP contribution >= 0.6 is 11.5 Å². The predicted octanol–water partition coefficient (Wildman–Crippen LogP) is 3.11. The number of piperazine rings is 1. The van der Waals surface area contributed by atoms with Crippen molar-refractivity contribution in [1.82, 2.24) is 8.86 Å². The summed E-state index contributed by atoms with van der Waals surface area (Å²) in [5.74, 6) is -0.294. The third kappa shape index (κ3) is 3.35. The Morgan fingerprint density at radius 2 is 1.70 bits per heavy atom. The third-order valence-electron chi connectivity index (χ3n) is 5.01. The van der Waals surface area contributed by atoms with Gasteiger partial charge in [-0.05, 0) is 43.3 Å². The van der Waals surface area contributed by atoms with Crippen LogP contribution in [0.2, 0.25) is 0 Å². The molecule has 2 heterocycles. The first-order valence-corrected chi connectivity index (χ1v) is 9.72. The van der Waals surface area contributed by atoms with Gasteiger partial charge in [-0.2, -0.15) is 0 Å². The average Bonchev–Trinajstić information content (AvgIpc) is 3.04. The highest BCUT2D eigenvalue weighted by molar-refractivity contribution is 7.14. The summed E-state index contributed by atoms with van der Waals surface area (Å²) in [6, 6.07) is 13.3. The number of nitrogens with zero attached hydrogens (tertiary/aromatic N) is 3. The first-order valence-electron chi connectivity index (χ1n) is 8.94. The summed E-state index contributed by atoms with van der Waals surface area (Å²) in [5.41, 5.74) is 0.846. The maximum absolute atomic E-state index is 13.1. The van der Waals surface area contributed by atoms with Crippen LogP contribution in [0.25, 0.3) is 10.1 Å². The fourth-order valence-electron chi connectivity index (χ4n) is 3.45. The molecule has 1 fully saturated rings. The van der Waals surface area contributed by atoms with Crippen LogP contribution in [0.15, 0.2) is 53.3 Å². The largest absolute Gasteiger partial charge is 0.368 e. The monoisotopic (exact) mass is 385 g/mol. The lowest BCUT2D eigenvalue weighted by Gasteiger charge is -2.37. The highest BCUT2D eigenvalue weighted by Crippen LogP contribution is 2.22. The van der Waals surface area contributed by atoms with Gasteiger partial charge in [0, 0.05) is 31.9 Å². The number of fused-ring (bicyclic) bond motifs is 1. The van der Waals surface area contributed by atoms with Crippen molar-refractivity contribution in [2.24, 2.45) is 0 Å². The van der Waals surface area contributed by atoms with Crippen molar-refractivity contribution in [3.63, 3.8) is 0 Å². The minimum absolute atomic E-state index is 0.0394. The Labute approximate surface area is 160 Å². The number of hydrogen-bond acceptors (Lipinski definition) is 4. The first kappa shape index (κ1) is 17.7. The third-order valence-corrected chi connectivity index (χ3v) is 6.24. The lowest BCUT2D eigenvalue weighted by molar-refractivity contribution is -0.134. The van der Waals surface area contributed by atoms with E-state index in [2.05, 4.69) is 4.90 Å². The van der Waals surface area contributed by atoms with E-state index < -0.39 is 6.04 Å². The molecule has 4 rings (SSSR count). The Balaban J connectivity index is 1.46. The average molecular weight is 385 g/mol. The number of anilines is 1. The van der Waals surface area contributed by atoms with Gasteiger partial charge in [0.05, 0.1) is 10.1 Å². The molecule has 1 saturated heterocycles. The summed E-state index contributed by atoms with van der Waals surface area (Å²) in [6.07, 6.45) is 0. The summed E-state index contributed by atoms with van der Waals surface area (Å²) in [6.45, 7) is 4.32. The first-order chi connectivity index (χ1) is 13.0. The van der Waals surface area contributed by atoms with Gasteiger partial charge in [-0.1, -0.05) is 23.7 Å². The molecule has 27 heavy (non-hydrogen) atoms. The van der Waals surface area contributed by atoms with Crippen molar-refractivity contribution in [2.75, 3.05) is 31.1 Å². The van der Waals surface area contributed by atoms with Crippen LogP contribution in [0.1, 0.15) is 13.0 Å². The molecule has 5 nitrogen and oxygen atoms in total. The summed E-state index contributed by atoms with van der Waals surface area (Å²) >= 11 is 1.33. The fraction of sp³-hybridized carbons (Fsp3) is 0.300. The summed E-state index contributed by atoms with van der Waals surface area (Å²) in [5, 5.41) is 0.656. The van der Waals surface area contributed by atoms with Crippen LogP contribution in [0.3, 0.4) is 0 Å². The van der Waals surface area contributed by atoms with E-state index in [1.165, 1.54) is 23.7 Å². The topological polar surface area (TPSA) is 45.6 Å². The van der Waals surface area contributed by atoms with Crippen LogP contribution in [0.4, 0.5) is 10.1 Å². The molecule has 2 aromatic carbocycles. The molecule has 1 aliphatic rings. The molecule has 0 bridgehead atoms. The smallest absolute Gasteiger partial charge is 0.269 e. The zero-order valence-electron chi connectivity index (χ0n) is 15.0. The molecule has 0 saturated carbocycles. The summed E-state index contributed by atoms with van der Waals surface area (Å²) in [4.78, 5) is 29.5. The molecule has 7 heteroatoms. The van der Waals surface area contributed by atoms with E-state index in [0.29, 0.717) is 31.6 Å². The summed E-state index contributed by atoms with van der Waals surface area (Å²) in [7, 11) is 0. The molecule has 1 unspecified atom stereocenters. The van der Waals surface area contributed by atoms with Crippen LogP contribution in [0, 0.1) is 5.82 Å². The van der Waals surface area contributed by atoms with Gasteiger partial charge in [0.15, 0.2) is 0 Å². The Hall–Kier alpha value is -2.67. The molecule has 0 aliphatic carbocycles. The molecule has 140 valence electrons. The van der Waals surface area contributed by atoms with Crippen LogP contribution in [-0.4, -0.2) is 40.9 Å². The number of aromatic nitrogens is 1. The highest BCUT2D eigenvalue weighted by Gasteiger charge is 2.27. The van der Waals surface area contributed by atoms with Crippen LogP contribution in [-0.2, 0) is 4.79 Å². The van der Waals surface area contributed by atoms with Crippen molar-refractivity contribution in [1.29, 1.82) is 0 Å². The molecule has 0 N–H and O–H groups in total. The number of benzene rings is 2. The van der Waals surface area contributed by atoms with E-state index in [1.807, 2.05) is 23.1 Å². The van der Waals surface area contributed by atoms with Gasteiger partial charge >= 0.3 is 0 Å². The quantitative estimate of drug-likeness (QED) is 0.696. The molecule has 0 spiro atoms. The molecular formula is C20H20FN3O2S. The number of hydrogen-bond donors (Lipinski definition) is 0. The number of carbonyl (C=O) groups excluding carboxylic acids is 1. The second kappa shape index (κ2) is 7.15. The van der Waals surface area contributed by atoms with E-state index in [4.69, 9.17) is 0 Å². The Kier molecular flexibility index (Phi) is 4.70. The number of amides is 1. The molecular weight excluding hydrogens is 365 g/mol. The van der Waals surface area contributed by atoms with E-state index in [9.17, 15) is 14.0 Å². The zero-order valence-corrected chi connectivity index (χ0v) is 15.8. The lowest BCUT2D eigenvalue weighted by Crippen LogP contribution is -2.50. The fourth-order valence-corrected chi connectivity index (χ4v) is 4.48. The van der Waals surface area contributed by atoms with E-state index >= 15 is 0 Å². The standard InChI is InChI=1S/C20H20FN3O2S/c1-14(24-20(26)17-4-2-3-5-18(17)27-24)19(25)23-12-10-22(11-13-23)16-8-6-15(21)7-9-16/h2-9,14H,10-13H2,1H3.